The van der Waals surface area contributed by atoms with Crippen LogP contribution in [-0.4, -0.2) is 18.4 Å². The maximum Gasteiger partial charge on any atom is 0.263 e. The van der Waals surface area contributed by atoms with Gasteiger partial charge in [-0.05, 0) is 54.6 Å². The summed E-state index contributed by atoms with van der Waals surface area (Å²) >= 11 is 9.34. The highest BCUT2D eigenvalue weighted by Gasteiger charge is 2.19. The van der Waals surface area contributed by atoms with Gasteiger partial charge in [-0.3, -0.25) is 4.72 Å². The molecule has 0 aliphatic heterocycles. The van der Waals surface area contributed by atoms with Gasteiger partial charge in [0, 0.05) is 15.2 Å². The van der Waals surface area contributed by atoms with Crippen LogP contribution in [-0.2, 0) is 10.0 Å². The van der Waals surface area contributed by atoms with E-state index in [0.717, 1.165) is 10.2 Å². The average Bonchev–Trinajstić information content (AvgIpc) is 2.70. The van der Waals surface area contributed by atoms with E-state index in [4.69, 9.17) is 11.6 Å². The first-order chi connectivity index (χ1) is 13.9. The fourth-order valence-corrected chi connectivity index (χ4v) is 4.22. The molecule has 0 fully saturated rings. The van der Waals surface area contributed by atoms with Crippen molar-refractivity contribution >= 4 is 65.9 Å². The number of nitrogens with one attached hydrogen (secondary N) is 2. The van der Waals surface area contributed by atoms with Gasteiger partial charge in [-0.25, -0.2) is 18.4 Å². The lowest BCUT2D eigenvalue weighted by Gasteiger charge is -2.14. The van der Waals surface area contributed by atoms with E-state index in [1.165, 1.54) is 12.1 Å². The second kappa shape index (κ2) is 7.98. The molecule has 0 saturated carbocycles. The molecule has 0 aliphatic rings. The second-order valence-corrected chi connectivity index (χ2v) is 9.14. The molecule has 3 aromatic carbocycles. The number of anilines is 3. The van der Waals surface area contributed by atoms with Gasteiger partial charge in [0.1, 0.15) is 0 Å². The van der Waals surface area contributed by atoms with Crippen LogP contribution in [0.2, 0.25) is 5.02 Å². The Hall–Kier alpha value is -2.68. The highest BCUT2D eigenvalue weighted by Crippen LogP contribution is 2.28. The summed E-state index contributed by atoms with van der Waals surface area (Å²) in [5.74, 6) is 0.378. The molecule has 0 unspecified atom stereocenters. The Balaban J connectivity index is 1.78. The van der Waals surface area contributed by atoms with Crippen LogP contribution in [0.5, 0.6) is 0 Å². The number of sulfonamides is 1. The number of benzene rings is 3. The molecule has 4 rings (SSSR count). The first kappa shape index (κ1) is 19.6. The Bertz CT molecular complexity index is 1300. The van der Waals surface area contributed by atoms with Crippen LogP contribution in [0.1, 0.15) is 0 Å². The minimum Gasteiger partial charge on any atom is -0.337 e. The lowest BCUT2D eigenvalue weighted by Crippen LogP contribution is -2.16. The largest absolute Gasteiger partial charge is 0.337 e. The molecule has 0 saturated heterocycles. The Kier molecular flexibility index (Phi) is 5.40. The number of hydrogen-bond donors (Lipinski definition) is 2. The van der Waals surface area contributed by atoms with Crippen LogP contribution in [0, 0.1) is 0 Å². The number of rotatable bonds is 5. The molecule has 6 nitrogen and oxygen atoms in total. The van der Waals surface area contributed by atoms with Crippen LogP contribution >= 0.6 is 27.5 Å². The molecule has 0 radical (unpaired) electrons. The van der Waals surface area contributed by atoms with Gasteiger partial charge in [0.05, 0.1) is 15.9 Å². The predicted molar refractivity (Wildman–Crippen MR) is 119 cm³/mol. The number of hydrogen-bond acceptors (Lipinski definition) is 5. The fraction of sp³-hybridized carbons (Fsp3) is 0. The van der Waals surface area contributed by atoms with Gasteiger partial charge in [-0.15, -0.1) is 0 Å². The molecule has 0 bridgehead atoms. The smallest absolute Gasteiger partial charge is 0.263 e. The van der Waals surface area contributed by atoms with Gasteiger partial charge in [0.25, 0.3) is 10.0 Å². The Morgan fingerprint density at radius 1 is 0.828 bits per heavy atom. The monoisotopic (exact) mass is 488 g/mol. The molecule has 146 valence electrons. The zero-order valence-corrected chi connectivity index (χ0v) is 18.0. The van der Waals surface area contributed by atoms with Crippen molar-refractivity contribution in [3.63, 3.8) is 0 Å². The van der Waals surface area contributed by atoms with E-state index < -0.39 is 10.0 Å². The summed E-state index contributed by atoms with van der Waals surface area (Å²) < 4.78 is 29.2. The van der Waals surface area contributed by atoms with Gasteiger partial charge >= 0.3 is 0 Å². The fourth-order valence-electron chi connectivity index (χ4n) is 2.65. The summed E-state index contributed by atoms with van der Waals surface area (Å²) in [5, 5.41) is 3.45. The second-order valence-electron chi connectivity index (χ2n) is 6.10. The topological polar surface area (TPSA) is 84.0 Å². The number of para-hydroxylation sites is 2. The highest BCUT2D eigenvalue weighted by atomic mass is 79.9. The zero-order valence-electron chi connectivity index (χ0n) is 14.8. The standard InChI is InChI=1S/C20H14BrClN4O2S/c21-13-8-10-15(11-9-13)23-19-20(25-18-7-2-1-6-17(18)24-19)26-29(27,28)16-5-3-4-14(22)12-16/h1-12H,(H,23,24)(H,25,26). The number of nitrogens with zero attached hydrogens (tertiary/aromatic N) is 2. The molecular formula is C20H14BrClN4O2S. The molecule has 1 aromatic heterocycles. The van der Waals surface area contributed by atoms with Crippen LogP contribution < -0.4 is 10.0 Å². The Labute approximate surface area is 181 Å². The third kappa shape index (κ3) is 4.50. The highest BCUT2D eigenvalue weighted by molar-refractivity contribution is 9.10. The summed E-state index contributed by atoms with van der Waals surface area (Å²) in [6.07, 6.45) is 0. The molecule has 1 heterocycles. The normalized spacial score (nSPS) is 11.4. The van der Waals surface area contributed by atoms with Crippen molar-refractivity contribution in [2.24, 2.45) is 0 Å². The molecule has 0 amide bonds. The Morgan fingerprint density at radius 3 is 2.14 bits per heavy atom. The maximum atomic E-state index is 12.9. The van der Waals surface area contributed by atoms with Crippen LogP contribution in [0.4, 0.5) is 17.3 Å². The molecule has 29 heavy (non-hydrogen) atoms. The van der Waals surface area contributed by atoms with Gasteiger partial charge in [-0.1, -0.05) is 45.7 Å². The van der Waals surface area contributed by atoms with E-state index >= 15 is 0 Å². The third-order valence-electron chi connectivity index (χ3n) is 4.01. The molecule has 9 heteroatoms. The van der Waals surface area contributed by atoms with Gasteiger partial charge in [0.2, 0.25) is 0 Å². The lowest BCUT2D eigenvalue weighted by molar-refractivity contribution is 0.601. The van der Waals surface area contributed by atoms with Crippen molar-refractivity contribution < 1.29 is 8.42 Å². The molecule has 0 atom stereocenters. The summed E-state index contributed by atoms with van der Waals surface area (Å²) in [5.41, 5.74) is 1.94. The maximum absolute atomic E-state index is 12.9. The summed E-state index contributed by atoms with van der Waals surface area (Å²) in [7, 11) is -3.91. The molecular weight excluding hydrogens is 476 g/mol. The third-order valence-corrected chi connectivity index (χ3v) is 6.12. The van der Waals surface area contributed by atoms with E-state index in [0.29, 0.717) is 16.1 Å². The van der Waals surface area contributed by atoms with Crippen LogP contribution in [0.3, 0.4) is 0 Å². The van der Waals surface area contributed by atoms with E-state index in [9.17, 15) is 8.42 Å². The van der Waals surface area contributed by atoms with Gasteiger partial charge < -0.3 is 5.32 Å². The first-order valence-electron chi connectivity index (χ1n) is 8.48. The summed E-state index contributed by atoms with van der Waals surface area (Å²) in [4.78, 5) is 9.05. The van der Waals surface area contributed by atoms with Crippen molar-refractivity contribution in [2.75, 3.05) is 10.0 Å². The van der Waals surface area contributed by atoms with E-state index in [1.54, 1.807) is 18.2 Å². The molecule has 2 N–H and O–H groups in total. The van der Waals surface area contributed by atoms with Gasteiger partial charge in [-0.2, -0.15) is 0 Å². The van der Waals surface area contributed by atoms with Crippen LogP contribution in [0.15, 0.2) is 82.2 Å². The summed E-state index contributed by atoms with van der Waals surface area (Å²) in [6, 6.07) is 20.7. The quantitative estimate of drug-likeness (QED) is 0.382. The number of halogens is 2. The van der Waals surface area contributed by atoms with E-state index in [2.05, 4.69) is 35.9 Å². The van der Waals surface area contributed by atoms with Crippen molar-refractivity contribution in [3.8, 4) is 0 Å². The van der Waals surface area contributed by atoms with E-state index in [-0.39, 0.29) is 16.5 Å². The van der Waals surface area contributed by atoms with Gasteiger partial charge in [0.15, 0.2) is 11.6 Å². The van der Waals surface area contributed by atoms with Crippen molar-refractivity contribution in [3.05, 3.63) is 82.3 Å². The lowest BCUT2D eigenvalue weighted by atomic mass is 10.3. The minimum absolute atomic E-state index is 0.0366. The van der Waals surface area contributed by atoms with Crippen molar-refractivity contribution in [1.29, 1.82) is 0 Å². The molecule has 0 aliphatic carbocycles. The molecule has 0 spiro atoms. The summed E-state index contributed by atoms with van der Waals surface area (Å²) in [6.45, 7) is 0. The number of aromatic nitrogens is 2. The number of fused-ring (bicyclic) bond motifs is 1. The molecule has 4 aromatic rings. The zero-order chi connectivity index (χ0) is 20.4. The average molecular weight is 490 g/mol. The van der Waals surface area contributed by atoms with Crippen LogP contribution in [0.25, 0.3) is 11.0 Å². The Morgan fingerprint density at radius 2 is 1.48 bits per heavy atom. The van der Waals surface area contributed by atoms with Crippen molar-refractivity contribution in [2.45, 2.75) is 4.90 Å². The van der Waals surface area contributed by atoms with E-state index in [1.807, 2.05) is 42.5 Å². The first-order valence-corrected chi connectivity index (χ1v) is 11.1. The van der Waals surface area contributed by atoms with Crippen molar-refractivity contribution in [1.82, 2.24) is 9.97 Å². The predicted octanol–water partition coefficient (Wildman–Crippen LogP) is 5.59. The minimum atomic E-state index is -3.91. The SMILES string of the molecule is O=S(=O)(Nc1nc2ccccc2nc1Nc1ccc(Br)cc1)c1cccc(Cl)c1.